The van der Waals surface area contributed by atoms with Gasteiger partial charge < -0.3 is 9.32 Å². The number of hydrogen-bond acceptors (Lipinski definition) is 6. The summed E-state index contributed by atoms with van der Waals surface area (Å²) in [5.41, 5.74) is 2.87. The van der Waals surface area contributed by atoms with Crippen molar-refractivity contribution in [2.24, 2.45) is 0 Å². The zero-order valence-electron chi connectivity index (χ0n) is 17.7. The molecule has 0 radical (unpaired) electrons. The third-order valence-corrected chi connectivity index (χ3v) is 5.98. The summed E-state index contributed by atoms with van der Waals surface area (Å²) in [6.45, 7) is 4.14. The number of tetrazole rings is 1. The standard InChI is InChI=1S/C24H28N6O/c1-3-10-19(11-4-1)23-26-28-30(27-23)17-8-2-7-15-29-16-9-12-20(18-29)24-25-21-13-5-6-14-22(21)31-24/h1,3-6,10-11,13-14,20H,2,7-9,12,15-18H2. The second kappa shape index (κ2) is 9.39. The van der Waals surface area contributed by atoms with Crippen LogP contribution in [0.2, 0.25) is 0 Å². The molecular formula is C24H28N6O. The molecule has 1 aliphatic heterocycles. The molecule has 160 valence electrons. The van der Waals surface area contributed by atoms with Gasteiger partial charge in [0.05, 0.1) is 6.54 Å². The van der Waals surface area contributed by atoms with Crippen molar-refractivity contribution in [2.75, 3.05) is 19.6 Å². The lowest BCUT2D eigenvalue weighted by Crippen LogP contribution is -2.35. The highest BCUT2D eigenvalue weighted by Gasteiger charge is 2.25. The number of aryl methyl sites for hydroxylation is 1. The molecule has 1 saturated heterocycles. The van der Waals surface area contributed by atoms with Crippen LogP contribution in [-0.4, -0.2) is 49.7 Å². The summed E-state index contributed by atoms with van der Waals surface area (Å²) in [7, 11) is 0. The fourth-order valence-electron chi connectivity index (χ4n) is 4.33. The number of piperidine rings is 1. The fraction of sp³-hybridized carbons (Fsp3) is 0.417. The predicted molar refractivity (Wildman–Crippen MR) is 120 cm³/mol. The molecule has 31 heavy (non-hydrogen) atoms. The third-order valence-electron chi connectivity index (χ3n) is 5.98. The van der Waals surface area contributed by atoms with E-state index < -0.39 is 0 Å². The number of unbranched alkanes of at least 4 members (excludes halogenated alkanes) is 2. The average molecular weight is 417 g/mol. The maximum atomic E-state index is 6.02. The van der Waals surface area contributed by atoms with Crippen molar-refractivity contribution >= 4 is 11.1 Å². The Balaban J connectivity index is 1.06. The van der Waals surface area contributed by atoms with Gasteiger partial charge in [-0.1, -0.05) is 48.9 Å². The van der Waals surface area contributed by atoms with Crippen LogP contribution in [0.1, 0.15) is 43.9 Å². The van der Waals surface area contributed by atoms with Gasteiger partial charge in [-0.05, 0) is 56.1 Å². The van der Waals surface area contributed by atoms with E-state index in [1.54, 1.807) is 4.80 Å². The number of nitrogens with zero attached hydrogens (tertiary/aromatic N) is 6. The van der Waals surface area contributed by atoms with Gasteiger partial charge in [0, 0.05) is 18.0 Å². The average Bonchev–Trinajstić information content (AvgIpc) is 3.47. The Labute approximate surface area is 182 Å². The first-order valence-electron chi connectivity index (χ1n) is 11.3. The van der Waals surface area contributed by atoms with Gasteiger partial charge in [-0.2, -0.15) is 4.80 Å². The van der Waals surface area contributed by atoms with Crippen molar-refractivity contribution in [3.63, 3.8) is 0 Å². The van der Waals surface area contributed by atoms with Crippen molar-refractivity contribution in [3.05, 3.63) is 60.5 Å². The summed E-state index contributed by atoms with van der Waals surface area (Å²) < 4.78 is 6.02. The maximum Gasteiger partial charge on any atom is 0.204 e. The molecule has 0 aliphatic carbocycles. The molecule has 0 N–H and O–H groups in total. The second-order valence-corrected chi connectivity index (χ2v) is 8.30. The summed E-state index contributed by atoms with van der Waals surface area (Å²) in [5, 5.41) is 12.9. The summed E-state index contributed by atoms with van der Waals surface area (Å²) >= 11 is 0. The first kappa shape index (κ1) is 19.9. The van der Waals surface area contributed by atoms with E-state index in [1.807, 2.05) is 54.6 Å². The van der Waals surface area contributed by atoms with Gasteiger partial charge in [0.25, 0.3) is 0 Å². The maximum absolute atomic E-state index is 6.02. The van der Waals surface area contributed by atoms with Crippen LogP contribution in [0.5, 0.6) is 0 Å². The smallest absolute Gasteiger partial charge is 0.204 e. The van der Waals surface area contributed by atoms with Gasteiger partial charge in [-0.3, -0.25) is 0 Å². The molecule has 0 bridgehead atoms. The molecular weight excluding hydrogens is 388 g/mol. The van der Waals surface area contributed by atoms with Crippen LogP contribution < -0.4 is 0 Å². The largest absolute Gasteiger partial charge is 0.440 e. The number of oxazole rings is 1. The van der Waals surface area contributed by atoms with Crippen LogP contribution in [0.3, 0.4) is 0 Å². The van der Waals surface area contributed by atoms with Crippen LogP contribution in [0, 0.1) is 0 Å². The van der Waals surface area contributed by atoms with Gasteiger partial charge in [-0.15, -0.1) is 10.2 Å². The Bertz CT molecular complexity index is 1070. The molecule has 7 nitrogen and oxygen atoms in total. The lowest BCUT2D eigenvalue weighted by molar-refractivity contribution is 0.190. The zero-order chi connectivity index (χ0) is 20.9. The number of rotatable bonds is 8. The molecule has 1 atom stereocenters. The van der Waals surface area contributed by atoms with E-state index in [0.29, 0.717) is 11.7 Å². The molecule has 0 saturated carbocycles. The van der Waals surface area contributed by atoms with E-state index in [0.717, 1.165) is 61.5 Å². The monoisotopic (exact) mass is 416 g/mol. The van der Waals surface area contributed by atoms with Crippen LogP contribution in [0.15, 0.2) is 59.0 Å². The summed E-state index contributed by atoms with van der Waals surface area (Å²) in [5.74, 6) is 1.99. The van der Waals surface area contributed by atoms with E-state index in [-0.39, 0.29) is 0 Å². The van der Waals surface area contributed by atoms with Crippen LogP contribution >= 0.6 is 0 Å². The number of likely N-dealkylation sites (tertiary alicyclic amines) is 1. The predicted octanol–water partition coefficient (Wildman–Crippen LogP) is 4.53. The van der Waals surface area contributed by atoms with Gasteiger partial charge in [0.2, 0.25) is 5.82 Å². The Hall–Kier alpha value is -3.06. The molecule has 7 heteroatoms. The Morgan fingerprint density at radius 1 is 0.935 bits per heavy atom. The molecule has 0 amide bonds. The first-order chi connectivity index (χ1) is 15.3. The van der Waals surface area contributed by atoms with Gasteiger partial charge >= 0.3 is 0 Å². The van der Waals surface area contributed by atoms with Crippen molar-refractivity contribution in [1.82, 2.24) is 30.1 Å². The molecule has 0 spiro atoms. The van der Waals surface area contributed by atoms with E-state index in [4.69, 9.17) is 9.40 Å². The Morgan fingerprint density at radius 2 is 1.77 bits per heavy atom. The molecule has 3 heterocycles. The summed E-state index contributed by atoms with van der Waals surface area (Å²) in [6.07, 6.45) is 5.76. The zero-order valence-corrected chi connectivity index (χ0v) is 17.7. The number of para-hydroxylation sites is 2. The Morgan fingerprint density at radius 3 is 2.68 bits per heavy atom. The van der Waals surface area contributed by atoms with Crippen molar-refractivity contribution < 1.29 is 4.42 Å². The topological polar surface area (TPSA) is 72.9 Å². The molecule has 5 rings (SSSR count). The van der Waals surface area contributed by atoms with E-state index in [2.05, 4.69) is 20.3 Å². The first-order valence-corrected chi connectivity index (χ1v) is 11.3. The van der Waals surface area contributed by atoms with Gasteiger partial charge in [-0.25, -0.2) is 4.98 Å². The highest BCUT2D eigenvalue weighted by molar-refractivity contribution is 5.72. The fourth-order valence-corrected chi connectivity index (χ4v) is 4.33. The lowest BCUT2D eigenvalue weighted by Gasteiger charge is -2.31. The molecule has 4 aromatic rings. The minimum absolute atomic E-state index is 0.400. The van der Waals surface area contributed by atoms with Crippen LogP contribution in [-0.2, 0) is 6.54 Å². The second-order valence-electron chi connectivity index (χ2n) is 8.30. The molecule has 1 aliphatic rings. The number of aromatic nitrogens is 5. The minimum atomic E-state index is 0.400. The molecule has 2 aromatic heterocycles. The van der Waals surface area contributed by atoms with Crippen molar-refractivity contribution in [1.29, 1.82) is 0 Å². The quantitative estimate of drug-likeness (QED) is 0.393. The normalized spacial score (nSPS) is 17.4. The number of hydrogen-bond donors (Lipinski definition) is 0. The lowest BCUT2D eigenvalue weighted by atomic mass is 9.97. The van der Waals surface area contributed by atoms with Crippen molar-refractivity contribution in [2.45, 2.75) is 44.6 Å². The van der Waals surface area contributed by atoms with E-state index in [9.17, 15) is 0 Å². The van der Waals surface area contributed by atoms with E-state index in [1.165, 1.54) is 19.4 Å². The third kappa shape index (κ3) is 4.82. The number of fused-ring (bicyclic) bond motifs is 1. The minimum Gasteiger partial charge on any atom is -0.440 e. The summed E-state index contributed by atoms with van der Waals surface area (Å²) in [4.78, 5) is 9.00. The van der Waals surface area contributed by atoms with Crippen molar-refractivity contribution in [3.8, 4) is 11.4 Å². The molecule has 1 unspecified atom stereocenters. The molecule has 2 aromatic carbocycles. The van der Waals surface area contributed by atoms with E-state index >= 15 is 0 Å². The van der Waals surface area contributed by atoms with Gasteiger partial charge in [0.15, 0.2) is 11.5 Å². The van der Waals surface area contributed by atoms with Crippen LogP contribution in [0.25, 0.3) is 22.5 Å². The van der Waals surface area contributed by atoms with Gasteiger partial charge in [0.1, 0.15) is 5.52 Å². The number of benzene rings is 2. The van der Waals surface area contributed by atoms with Crippen LogP contribution in [0.4, 0.5) is 0 Å². The Kier molecular flexibility index (Phi) is 6.02. The summed E-state index contributed by atoms with van der Waals surface area (Å²) in [6, 6.07) is 18.0. The highest BCUT2D eigenvalue weighted by Crippen LogP contribution is 2.29. The highest BCUT2D eigenvalue weighted by atomic mass is 16.3. The molecule has 1 fully saturated rings. The SMILES string of the molecule is c1ccc(-c2nnn(CCCCCN3CCCC(c4nc5ccccc5o4)C3)n2)cc1.